The van der Waals surface area contributed by atoms with Crippen LogP contribution in [0.25, 0.3) is 0 Å². The van der Waals surface area contributed by atoms with Crippen molar-refractivity contribution >= 4 is 0 Å². The molecule has 0 bridgehead atoms. The van der Waals surface area contributed by atoms with Crippen LogP contribution in [-0.2, 0) is 19.6 Å². The summed E-state index contributed by atoms with van der Waals surface area (Å²) < 4.78 is 19.4. The van der Waals surface area contributed by atoms with E-state index in [1.54, 1.807) is 5.57 Å². The van der Waals surface area contributed by atoms with Crippen LogP contribution in [0.3, 0.4) is 0 Å². The highest BCUT2D eigenvalue weighted by atomic mass is 19.1. The molecule has 15 rings (SSSR count). The number of alkyl halides is 1. The Kier molecular flexibility index (Phi) is 16.9. The fourth-order valence-electron chi connectivity index (χ4n) is 24.5. The molecule has 476 valence electrons. The standard InChI is InChI=1S/C26H40N2O.C26H38N2O.C25H35FN2O/c2*1-17(16-28-13-5-12-27-28)23-8-9-24-21-7-6-19-15-26(4,29)18(2)14-22(19)20(21)10-11-25(23,24)3;1-17(15-28-13-3-12-27-28)22-6-7-23-21-5-4-18-14-25(29,16-26)11-9-19(18)20(21)8-10-24(22,23)2/h5,12-13,18-24,29H,1,6-11,14-16H2,2-4H3;5-6,12-13,18,20-24,29H,1,7-11,14-16H2,2-4H3;3-4,12-13,19-23,29H,1,5-11,14-16H2,2H3/t18-,19+,20+,21-,22+,23-,24+,25-,26+;18-,20+,21-,22+,23-,24+,25-,26+;19-,20+,21+,22+,23-,24+,25+/m110/s1. The minimum atomic E-state index is -1.10. The maximum Gasteiger partial charge on any atom is 0.118 e. The van der Waals surface area contributed by atoms with Crippen molar-refractivity contribution in [1.29, 1.82) is 0 Å². The highest BCUT2D eigenvalue weighted by Gasteiger charge is 2.61. The smallest absolute Gasteiger partial charge is 0.118 e. The van der Waals surface area contributed by atoms with Gasteiger partial charge in [-0.05, 0) is 302 Å². The number of hydrogen-bond acceptors (Lipinski definition) is 6. The predicted molar refractivity (Wildman–Crippen MR) is 347 cm³/mol. The van der Waals surface area contributed by atoms with Crippen molar-refractivity contribution in [2.75, 3.05) is 6.67 Å². The number of halogens is 1. The number of aromatic nitrogens is 6. The highest BCUT2D eigenvalue weighted by molar-refractivity contribution is 5.26. The summed E-state index contributed by atoms with van der Waals surface area (Å²) in [5, 5.41) is 45.4. The van der Waals surface area contributed by atoms with Gasteiger partial charge < -0.3 is 15.3 Å². The van der Waals surface area contributed by atoms with Crippen molar-refractivity contribution in [1.82, 2.24) is 29.3 Å². The first-order chi connectivity index (χ1) is 41.5. The molecule has 10 fully saturated rings. The van der Waals surface area contributed by atoms with Crippen molar-refractivity contribution in [2.45, 2.75) is 233 Å². The van der Waals surface area contributed by atoms with Gasteiger partial charge in [0.25, 0.3) is 0 Å². The Bertz CT molecular complexity index is 2980. The van der Waals surface area contributed by atoms with Gasteiger partial charge in [0.1, 0.15) is 6.67 Å². The van der Waals surface area contributed by atoms with Gasteiger partial charge in [-0.25, -0.2) is 4.39 Å². The van der Waals surface area contributed by atoms with E-state index in [-0.39, 0.29) is 0 Å². The van der Waals surface area contributed by atoms with E-state index < -0.39 is 23.5 Å². The first-order valence-electron chi connectivity index (χ1n) is 35.6. The Morgan fingerprint density at radius 1 is 0.494 bits per heavy atom. The fraction of sp³-hybridized carbons (Fsp3) is 0.753. The minimum absolute atomic E-state index is 0.352. The number of nitrogens with zero attached hydrogens (tertiary/aromatic N) is 6. The normalized spacial score (nSPS) is 46.5. The summed E-state index contributed by atoms with van der Waals surface area (Å²) in [6.07, 6.45) is 44.3. The number of aliphatic hydroxyl groups is 3. The number of hydrogen-bond donors (Lipinski definition) is 3. The van der Waals surface area contributed by atoms with Gasteiger partial charge in [0.2, 0.25) is 0 Å². The quantitative estimate of drug-likeness (QED) is 0.174. The summed E-state index contributed by atoms with van der Waals surface area (Å²) in [5.74, 6) is 13.1. The number of fused-ring (bicyclic) bond motifs is 15. The van der Waals surface area contributed by atoms with Crippen LogP contribution >= 0.6 is 0 Å². The third-order valence-corrected chi connectivity index (χ3v) is 29.3. The lowest BCUT2D eigenvalue weighted by molar-refractivity contribution is -0.121. The molecule has 3 aromatic heterocycles. The Morgan fingerprint density at radius 2 is 0.943 bits per heavy atom. The summed E-state index contributed by atoms with van der Waals surface area (Å²) in [7, 11) is 0. The molecule has 10 saturated carbocycles. The second-order valence-electron chi connectivity index (χ2n) is 33.6. The molecule has 3 aromatic rings. The molecule has 0 unspecified atom stereocenters. The molecule has 3 N–H and O–H groups in total. The largest absolute Gasteiger partial charge is 0.390 e. The summed E-state index contributed by atoms with van der Waals surface area (Å²) >= 11 is 0. The van der Waals surface area contributed by atoms with E-state index in [1.807, 2.05) is 64.0 Å². The zero-order chi connectivity index (χ0) is 61.0. The van der Waals surface area contributed by atoms with Crippen LogP contribution in [0.5, 0.6) is 0 Å². The minimum Gasteiger partial charge on any atom is -0.390 e. The fourth-order valence-corrected chi connectivity index (χ4v) is 24.5. The molecule has 12 aliphatic rings. The van der Waals surface area contributed by atoms with Crippen LogP contribution in [0.2, 0.25) is 0 Å². The van der Waals surface area contributed by atoms with E-state index in [9.17, 15) is 19.7 Å². The van der Waals surface area contributed by atoms with Gasteiger partial charge in [0, 0.05) is 37.2 Å². The number of rotatable bonds is 10. The Morgan fingerprint density at radius 3 is 1.41 bits per heavy atom. The van der Waals surface area contributed by atoms with Crippen molar-refractivity contribution in [3.05, 3.63) is 115 Å². The summed E-state index contributed by atoms with van der Waals surface area (Å²) in [4.78, 5) is 0. The van der Waals surface area contributed by atoms with E-state index in [4.69, 9.17) is 0 Å². The van der Waals surface area contributed by atoms with Crippen LogP contribution < -0.4 is 0 Å². The lowest BCUT2D eigenvalue weighted by Gasteiger charge is -2.58. The lowest BCUT2D eigenvalue weighted by Crippen LogP contribution is -2.52. The van der Waals surface area contributed by atoms with Crippen LogP contribution in [0.1, 0.15) is 196 Å². The molecule has 87 heavy (non-hydrogen) atoms. The maximum atomic E-state index is 13.3. The first kappa shape index (κ1) is 62.0. The molecule has 0 spiro atoms. The van der Waals surface area contributed by atoms with Crippen molar-refractivity contribution in [3.8, 4) is 0 Å². The average molecular weight is 1190 g/mol. The molecule has 0 amide bonds. The summed E-state index contributed by atoms with van der Waals surface area (Å²) in [6.45, 7) is 32.0. The molecule has 9 nitrogen and oxygen atoms in total. The molecule has 0 aliphatic heterocycles. The molecule has 0 radical (unpaired) electrons. The monoisotopic (exact) mass is 1190 g/mol. The molecule has 0 saturated heterocycles. The van der Waals surface area contributed by atoms with Crippen LogP contribution in [0.4, 0.5) is 4.39 Å². The molecule has 10 heteroatoms. The zero-order valence-electron chi connectivity index (χ0n) is 54.9. The van der Waals surface area contributed by atoms with Crippen molar-refractivity contribution in [3.63, 3.8) is 0 Å². The van der Waals surface area contributed by atoms with Gasteiger partial charge in [0.05, 0.1) is 36.4 Å². The number of allylic oxidation sites excluding steroid dienone is 5. The molecular formula is C77H113FN6O3. The topological polar surface area (TPSA) is 114 Å². The lowest BCUT2D eigenvalue weighted by atomic mass is 9.48. The Hall–Kier alpha value is -3.86. The van der Waals surface area contributed by atoms with E-state index in [0.29, 0.717) is 64.6 Å². The van der Waals surface area contributed by atoms with Gasteiger partial charge >= 0.3 is 0 Å². The van der Waals surface area contributed by atoms with Gasteiger partial charge in [-0.2, -0.15) is 15.3 Å². The van der Waals surface area contributed by atoms with Crippen LogP contribution in [0, 0.1) is 123 Å². The van der Waals surface area contributed by atoms with Gasteiger partial charge in [-0.1, -0.05) is 94.4 Å². The Balaban J connectivity index is 0.000000121. The first-order valence-corrected chi connectivity index (χ1v) is 35.6. The third-order valence-electron chi connectivity index (χ3n) is 29.3. The molecule has 3 heterocycles. The van der Waals surface area contributed by atoms with E-state index in [2.05, 4.69) is 101 Å². The van der Waals surface area contributed by atoms with Crippen LogP contribution in [-0.4, -0.2) is 68.1 Å². The van der Waals surface area contributed by atoms with Crippen molar-refractivity contribution < 1.29 is 19.7 Å². The average Bonchev–Trinajstić information content (AvgIpc) is 1.74. The van der Waals surface area contributed by atoms with E-state index in [1.165, 1.54) is 131 Å². The zero-order valence-corrected chi connectivity index (χ0v) is 54.9. The summed E-state index contributed by atoms with van der Waals surface area (Å²) in [5.41, 5.74) is 6.20. The third kappa shape index (κ3) is 11.2. The van der Waals surface area contributed by atoms with E-state index >= 15 is 0 Å². The second-order valence-corrected chi connectivity index (χ2v) is 33.6. The predicted octanol–water partition coefficient (Wildman–Crippen LogP) is 16.7. The highest BCUT2D eigenvalue weighted by Crippen LogP contribution is 2.69. The molecule has 0 aromatic carbocycles. The molecule has 12 aliphatic carbocycles. The van der Waals surface area contributed by atoms with Gasteiger partial charge in [0.15, 0.2) is 0 Å². The Labute approximate surface area is 523 Å². The van der Waals surface area contributed by atoms with Gasteiger partial charge in [-0.3, -0.25) is 14.0 Å². The van der Waals surface area contributed by atoms with Gasteiger partial charge in [-0.15, -0.1) is 0 Å². The molecular weight excluding hydrogens is 1080 g/mol. The maximum absolute atomic E-state index is 13.3. The summed E-state index contributed by atoms with van der Waals surface area (Å²) in [6, 6.07) is 6.00. The SMILES string of the molecule is C=C(Cn1cccn1)[C@H]1CC[C@H]2[C@@H]3CC=C4C[C@@](O)(CF)CC[C@@H]4[C@H]3CC[C@]12C.C=C(Cn1cccn1)[C@H]1CC[C@H]2[C@@H]3CC=C4C[C@](C)(O)[C@H](C)C[C@@H]4[C@H]3CC[C@]12C.C=C(Cn1cccn1)[C@H]1CC[C@H]2[C@@H]3CC[C@H]4C[C@](C)(O)[C@H](C)C[C@@H]4[C@H]3CC[C@]12C. The molecule has 24 atom stereocenters. The van der Waals surface area contributed by atoms with Crippen LogP contribution in [0.15, 0.2) is 115 Å². The van der Waals surface area contributed by atoms with Crippen molar-refractivity contribution in [2.24, 2.45) is 123 Å². The van der Waals surface area contributed by atoms with E-state index in [0.717, 1.165) is 116 Å². The second kappa shape index (κ2) is 23.7.